The minimum Gasteiger partial charge on any atom is -0.477 e. The van der Waals surface area contributed by atoms with Crippen LogP contribution in [0.15, 0.2) is 54.7 Å². The Kier molecular flexibility index (Phi) is 6.10. The molecule has 0 bridgehead atoms. The molecule has 3 N–H and O–H groups in total. The van der Waals surface area contributed by atoms with Gasteiger partial charge in [-0.15, -0.1) is 0 Å². The number of rotatable bonds is 7. The van der Waals surface area contributed by atoms with E-state index in [9.17, 15) is 19.5 Å². The minimum atomic E-state index is -1.33. The van der Waals surface area contributed by atoms with E-state index in [1.807, 2.05) is 36.4 Å². The van der Waals surface area contributed by atoms with Gasteiger partial charge in [0.1, 0.15) is 23.5 Å². The number of aromatic nitrogens is 2. The SMILES string of the molecule is CCC(C)(NC(=O)OCC1c2ccccc2-c2ccccc21)C(=O)Nc1c(C(=O)O)cnn1C. The molecule has 1 heterocycles. The molecule has 2 amide bonds. The summed E-state index contributed by atoms with van der Waals surface area (Å²) in [5, 5.41) is 18.4. The lowest BCUT2D eigenvalue weighted by atomic mass is 9.97. The van der Waals surface area contributed by atoms with Gasteiger partial charge in [-0.3, -0.25) is 9.48 Å². The number of nitrogens with zero attached hydrogens (tertiary/aromatic N) is 2. The number of carboxylic acid groups (broad SMARTS) is 1. The molecule has 0 saturated heterocycles. The van der Waals surface area contributed by atoms with Gasteiger partial charge in [0.25, 0.3) is 5.91 Å². The molecule has 3 aromatic rings. The van der Waals surface area contributed by atoms with Crippen LogP contribution in [0.1, 0.15) is 47.7 Å². The number of benzene rings is 2. The normalized spacial score (nSPS) is 14.0. The zero-order chi connectivity index (χ0) is 24.5. The number of aromatic carboxylic acids is 1. The van der Waals surface area contributed by atoms with Crippen LogP contribution in [0.2, 0.25) is 0 Å². The molecule has 0 radical (unpaired) electrons. The van der Waals surface area contributed by atoms with E-state index in [4.69, 9.17) is 4.74 Å². The lowest BCUT2D eigenvalue weighted by molar-refractivity contribution is -0.121. The molecule has 1 unspecified atom stereocenters. The molecule has 1 aromatic heterocycles. The summed E-state index contributed by atoms with van der Waals surface area (Å²) in [7, 11) is 1.52. The summed E-state index contributed by atoms with van der Waals surface area (Å²) < 4.78 is 6.82. The summed E-state index contributed by atoms with van der Waals surface area (Å²) in [5.41, 5.74) is 2.94. The van der Waals surface area contributed by atoms with E-state index >= 15 is 0 Å². The van der Waals surface area contributed by atoms with Crippen molar-refractivity contribution < 1.29 is 24.2 Å². The number of ether oxygens (including phenoxy) is 1. The molecule has 0 saturated carbocycles. The Morgan fingerprint density at radius 2 is 1.68 bits per heavy atom. The molecular weight excluding hydrogens is 436 g/mol. The van der Waals surface area contributed by atoms with Crippen molar-refractivity contribution in [2.24, 2.45) is 7.05 Å². The molecule has 0 fully saturated rings. The Labute approximate surface area is 196 Å². The van der Waals surface area contributed by atoms with Gasteiger partial charge in [-0.05, 0) is 35.6 Å². The fourth-order valence-corrected chi connectivity index (χ4v) is 4.15. The number of amides is 2. The van der Waals surface area contributed by atoms with Crippen molar-refractivity contribution in [2.45, 2.75) is 31.7 Å². The number of carboxylic acids is 1. The van der Waals surface area contributed by atoms with Crippen molar-refractivity contribution >= 4 is 23.8 Å². The highest BCUT2D eigenvalue weighted by Gasteiger charge is 2.36. The highest BCUT2D eigenvalue weighted by molar-refractivity contribution is 6.03. The van der Waals surface area contributed by atoms with E-state index in [1.54, 1.807) is 13.8 Å². The van der Waals surface area contributed by atoms with E-state index in [0.717, 1.165) is 28.5 Å². The fraction of sp³-hybridized carbons (Fsp3) is 0.280. The van der Waals surface area contributed by atoms with Gasteiger partial charge in [-0.2, -0.15) is 5.10 Å². The first-order chi connectivity index (χ1) is 16.2. The zero-order valence-electron chi connectivity index (χ0n) is 19.2. The van der Waals surface area contributed by atoms with Crippen molar-refractivity contribution in [1.29, 1.82) is 0 Å². The van der Waals surface area contributed by atoms with Crippen molar-refractivity contribution in [2.75, 3.05) is 11.9 Å². The van der Waals surface area contributed by atoms with Gasteiger partial charge in [0.05, 0.1) is 6.20 Å². The van der Waals surface area contributed by atoms with Gasteiger partial charge in [0.2, 0.25) is 0 Å². The van der Waals surface area contributed by atoms with Crippen molar-refractivity contribution in [3.63, 3.8) is 0 Å². The van der Waals surface area contributed by atoms with E-state index < -0.39 is 23.5 Å². The number of nitrogens with one attached hydrogen (secondary N) is 2. The molecule has 1 aliphatic carbocycles. The topological polar surface area (TPSA) is 123 Å². The lowest BCUT2D eigenvalue weighted by Gasteiger charge is -2.28. The van der Waals surface area contributed by atoms with Crippen LogP contribution in [0, 0.1) is 0 Å². The second kappa shape index (κ2) is 9.01. The predicted octanol–water partition coefficient (Wildman–Crippen LogP) is 3.76. The fourth-order valence-electron chi connectivity index (χ4n) is 4.15. The Morgan fingerprint density at radius 3 is 2.24 bits per heavy atom. The van der Waals surface area contributed by atoms with Crippen LogP contribution in [0.25, 0.3) is 11.1 Å². The highest BCUT2D eigenvalue weighted by Crippen LogP contribution is 2.44. The Balaban J connectivity index is 1.45. The summed E-state index contributed by atoms with van der Waals surface area (Å²) >= 11 is 0. The molecule has 176 valence electrons. The van der Waals surface area contributed by atoms with Crippen LogP contribution in [-0.4, -0.2) is 45.0 Å². The lowest BCUT2D eigenvalue weighted by Crippen LogP contribution is -2.54. The van der Waals surface area contributed by atoms with E-state index in [1.165, 1.54) is 11.7 Å². The van der Waals surface area contributed by atoms with E-state index in [2.05, 4.69) is 27.9 Å². The second-order valence-electron chi connectivity index (χ2n) is 8.43. The first-order valence-corrected chi connectivity index (χ1v) is 10.9. The number of hydrogen-bond acceptors (Lipinski definition) is 5. The molecule has 34 heavy (non-hydrogen) atoms. The number of carbonyl (C=O) groups excluding carboxylic acids is 2. The summed E-state index contributed by atoms with van der Waals surface area (Å²) in [5.74, 6) is -1.86. The maximum Gasteiger partial charge on any atom is 0.408 e. The number of carbonyl (C=O) groups is 3. The van der Waals surface area contributed by atoms with Gasteiger partial charge >= 0.3 is 12.1 Å². The first kappa shape index (κ1) is 23.0. The summed E-state index contributed by atoms with van der Waals surface area (Å²) in [6.45, 7) is 3.41. The van der Waals surface area contributed by atoms with Gasteiger partial charge in [-0.25, -0.2) is 9.59 Å². The molecule has 9 nitrogen and oxygen atoms in total. The average Bonchev–Trinajstić information content (AvgIpc) is 3.35. The third-order valence-corrected chi connectivity index (χ3v) is 6.33. The summed E-state index contributed by atoms with van der Waals surface area (Å²) in [4.78, 5) is 37.1. The second-order valence-corrected chi connectivity index (χ2v) is 8.43. The summed E-state index contributed by atoms with van der Waals surface area (Å²) in [6, 6.07) is 16.0. The van der Waals surface area contributed by atoms with Gasteiger partial charge in [0.15, 0.2) is 0 Å². The maximum atomic E-state index is 13.0. The Hall–Kier alpha value is -4.14. The van der Waals surface area contributed by atoms with Crippen LogP contribution in [0.4, 0.5) is 10.6 Å². The average molecular weight is 463 g/mol. The van der Waals surface area contributed by atoms with Gasteiger partial charge in [-0.1, -0.05) is 55.5 Å². The molecule has 0 aliphatic heterocycles. The maximum absolute atomic E-state index is 13.0. The number of aryl methyl sites for hydroxylation is 1. The standard InChI is InChI=1S/C25H26N4O5/c1-4-25(2,23(32)27-21-19(22(30)31)13-26-29(21)3)28-24(33)34-14-20-17-11-7-5-9-15(17)16-10-6-8-12-18(16)20/h5-13,20H,4,14H2,1-3H3,(H,27,32)(H,28,33)(H,30,31). The Bertz CT molecular complexity index is 1220. The van der Waals surface area contributed by atoms with E-state index in [0.29, 0.717) is 0 Å². The van der Waals surface area contributed by atoms with Gasteiger partial charge in [0, 0.05) is 13.0 Å². The van der Waals surface area contributed by atoms with Crippen LogP contribution in [0.3, 0.4) is 0 Å². The van der Waals surface area contributed by atoms with Crippen molar-refractivity contribution in [3.05, 3.63) is 71.4 Å². The Morgan fingerprint density at radius 1 is 1.09 bits per heavy atom. The predicted molar refractivity (Wildman–Crippen MR) is 126 cm³/mol. The van der Waals surface area contributed by atoms with E-state index in [-0.39, 0.29) is 30.3 Å². The molecule has 2 aromatic carbocycles. The number of alkyl carbamates (subject to hydrolysis) is 1. The number of hydrogen-bond donors (Lipinski definition) is 3. The molecule has 1 atom stereocenters. The third-order valence-electron chi connectivity index (χ3n) is 6.33. The van der Waals surface area contributed by atoms with Crippen molar-refractivity contribution in [1.82, 2.24) is 15.1 Å². The van der Waals surface area contributed by atoms with Crippen LogP contribution in [0.5, 0.6) is 0 Å². The number of fused-ring (bicyclic) bond motifs is 3. The quantitative estimate of drug-likeness (QED) is 0.491. The first-order valence-electron chi connectivity index (χ1n) is 10.9. The highest BCUT2D eigenvalue weighted by atomic mass is 16.5. The van der Waals surface area contributed by atoms with Crippen LogP contribution in [-0.2, 0) is 16.6 Å². The third kappa shape index (κ3) is 4.12. The largest absolute Gasteiger partial charge is 0.477 e. The minimum absolute atomic E-state index is 0.0338. The van der Waals surface area contributed by atoms with Gasteiger partial charge < -0.3 is 20.5 Å². The van der Waals surface area contributed by atoms with Crippen LogP contribution >= 0.6 is 0 Å². The summed E-state index contributed by atoms with van der Waals surface area (Å²) in [6.07, 6.45) is 0.675. The van der Waals surface area contributed by atoms with Crippen molar-refractivity contribution in [3.8, 4) is 11.1 Å². The molecule has 0 spiro atoms. The van der Waals surface area contributed by atoms with Crippen LogP contribution < -0.4 is 10.6 Å². The zero-order valence-corrected chi connectivity index (χ0v) is 19.2. The smallest absolute Gasteiger partial charge is 0.408 e. The molecular formula is C25H26N4O5. The number of anilines is 1. The molecule has 9 heteroatoms. The molecule has 4 rings (SSSR count). The molecule has 1 aliphatic rings. The monoisotopic (exact) mass is 462 g/mol.